The van der Waals surface area contributed by atoms with E-state index in [1.165, 1.54) is 0 Å². The van der Waals surface area contributed by atoms with Crippen LogP contribution in [0.25, 0.3) is 0 Å². The molecule has 0 spiro atoms. The van der Waals surface area contributed by atoms with Gasteiger partial charge in [-0.05, 0) is 56.2 Å². The Morgan fingerprint density at radius 1 is 1.23 bits per heavy atom. The lowest BCUT2D eigenvalue weighted by Gasteiger charge is -2.43. The van der Waals surface area contributed by atoms with E-state index in [1.54, 1.807) is 0 Å². The molecule has 0 aromatic heterocycles. The lowest BCUT2D eigenvalue weighted by molar-refractivity contribution is -0.141. The molecule has 2 atom stereocenters. The fraction of sp³-hybridized carbons (Fsp3) is 0.529. The third kappa shape index (κ3) is 2.91. The summed E-state index contributed by atoms with van der Waals surface area (Å²) in [6.07, 6.45) is 4.76. The van der Waals surface area contributed by atoms with Gasteiger partial charge in [-0.3, -0.25) is 9.59 Å². The lowest BCUT2D eigenvalue weighted by Crippen LogP contribution is -2.52. The van der Waals surface area contributed by atoms with Crippen LogP contribution in [0.4, 0.5) is 0 Å². The molecule has 2 saturated carbocycles. The maximum absolute atomic E-state index is 12.6. The fourth-order valence-corrected chi connectivity index (χ4v) is 3.98. The van der Waals surface area contributed by atoms with E-state index >= 15 is 0 Å². The first-order chi connectivity index (χ1) is 10.5. The van der Waals surface area contributed by atoms with Crippen LogP contribution in [0.3, 0.4) is 0 Å². The average Bonchev–Trinajstić information content (AvgIpc) is 2.92. The molecule has 0 radical (unpaired) electrons. The largest absolute Gasteiger partial charge is 0.481 e. The van der Waals surface area contributed by atoms with Crippen molar-refractivity contribution in [3.05, 3.63) is 34.3 Å². The van der Waals surface area contributed by atoms with E-state index in [1.807, 2.05) is 12.1 Å². The van der Waals surface area contributed by atoms with Gasteiger partial charge in [-0.1, -0.05) is 28.1 Å². The van der Waals surface area contributed by atoms with Crippen LogP contribution in [0.15, 0.2) is 28.7 Å². The van der Waals surface area contributed by atoms with Gasteiger partial charge in [0.25, 0.3) is 0 Å². The molecule has 1 aromatic carbocycles. The first-order valence-corrected chi connectivity index (χ1v) is 8.60. The molecule has 0 heterocycles. The average molecular weight is 366 g/mol. The van der Waals surface area contributed by atoms with Crippen molar-refractivity contribution in [2.45, 2.75) is 44.1 Å². The van der Waals surface area contributed by atoms with E-state index in [-0.39, 0.29) is 23.3 Å². The maximum atomic E-state index is 12.6. The van der Waals surface area contributed by atoms with Gasteiger partial charge in [0.2, 0.25) is 5.91 Å². The normalized spacial score (nSPS) is 26.2. The van der Waals surface area contributed by atoms with Crippen LogP contribution < -0.4 is 5.32 Å². The number of rotatable bonds is 4. The predicted molar refractivity (Wildman–Crippen MR) is 86.3 cm³/mol. The van der Waals surface area contributed by atoms with Crippen LogP contribution in [-0.4, -0.2) is 17.0 Å². The minimum Gasteiger partial charge on any atom is -0.481 e. The summed E-state index contributed by atoms with van der Waals surface area (Å²) in [7, 11) is 0. The summed E-state index contributed by atoms with van der Waals surface area (Å²) >= 11 is 3.49. The number of benzene rings is 1. The zero-order valence-electron chi connectivity index (χ0n) is 12.3. The number of amides is 1. The summed E-state index contributed by atoms with van der Waals surface area (Å²) in [6.45, 7) is 0. The number of aliphatic carboxylic acids is 1. The summed E-state index contributed by atoms with van der Waals surface area (Å²) in [5.41, 5.74) is 0.872. The molecular weight excluding hydrogens is 346 g/mol. The van der Waals surface area contributed by atoms with Crippen molar-refractivity contribution in [2.24, 2.45) is 11.8 Å². The Labute approximate surface area is 138 Å². The van der Waals surface area contributed by atoms with E-state index in [4.69, 9.17) is 5.11 Å². The molecule has 2 aliphatic rings. The van der Waals surface area contributed by atoms with Crippen LogP contribution in [-0.2, 0) is 15.1 Å². The lowest BCUT2D eigenvalue weighted by atomic mass is 9.71. The highest BCUT2D eigenvalue weighted by atomic mass is 79.9. The topological polar surface area (TPSA) is 66.4 Å². The van der Waals surface area contributed by atoms with E-state index in [0.29, 0.717) is 19.3 Å². The zero-order chi connectivity index (χ0) is 15.7. The second-order valence-corrected chi connectivity index (χ2v) is 7.40. The molecule has 4 nitrogen and oxygen atoms in total. The Morgan fingerprint density at radius 2 is 1.95 bits per heavy atom. The fourth-order valence-electron chi connectivity index (χ4n) is 3.58. The van der Waals surface area contributed by atoms with Gasteiger partial charge < -0.3 is 10.4 Å². The van der Waals surface area contributed by atoms with Crippen LogP contribution in [0, 0.1) is 11.8 Å². The number of halogens is 1. The molecule has 1 amide bonds. The van der Waals surface area contributed by atoms with Crippen LogP contribution in [0.1, 0.15) is 44.1 Å². The Balaban J connectivity index is 1.71. The Bertz CT molecular complexity index is 597. The summed E-state index contributed by atoms with van der Waals surface area (Å²) in [4.78, 5) is 23.6. The quantitative estimate of drug-likeness (QED) is 0.858. The third-order valence-electron chi connectivity index (χ3n) is 5.10. The number of carbonyl (C=O) groups excluding carboxylic acids is 1. The molecule has 2 N–H and O–H groups in total. The van der Waals surface area contributed by atoms with Gasteiger partial charge in [0.1, 0.15) is 0 Å². The second kappa shape index (κ2) is 6.03. The van der Waals surface area contributed by atoms with Gasteiger partial charge in [0, 0.05) is 10.4 Å². The molecule has 0 unspecified atom stereocenters. The van der Waals surface area contributed by atoms with Crippen LogP contribution in [0.2, 0.25) is 0 Å². The van der Waals surface area contributed by atoms with Gasteiger partial charge in [0.05, 0.1) is 11.5 Å². The van der Waals surface area contributed by atoms with E-state index in [2.05, 4.69) is 33.4 Å². The molecule has 2 aliphatic carbocycles. The number of nitrogens with one attached hydrogen (secondary N) is 1. The van der Waals surface area contributed by atoms with Crippen molar-refractivity contribution in [2.75, 3.05) is 0 Å². The SMILES string of the molecule is O=C(O)[C@@H]1CC[C@H](C(=O)NC2(c3cccc(Br)c3)CCC2)C1. The van der Waals surface area contributed by atoms with Gasteiger partial charge in [0.15, 0.2) is 0 Å². The molecule has 0 bridgehead atoms. The highest BCUT2D eigenvalue weighted by Crippen LogP contribution is 2.43. The molecule has 0 saturated heterocycles. The van der Waals surface area contributed by atoms with Crippen molar-refractivity contribution in [3.63, 3.8) is 0 Å². The molecule has 118 valence electrons. The summed E-state index contributed by atoms with van der Waals surface area (Å²) < 4.78 is 1.01. The predicted octanol–water partition coefficient (Wildman–Crippen LogP) is 3.45. The van der Waals surface area contributed by atoms with Gasteiger partial charge >= 0.3 is 5.97 Å². The number of hydrogen-bond donors (Lipinski definition) is 2. The highest BCUT2D eigenvalue weighted by molar-refractivity contribution is 9.10. The Morgan fingerprint density at radius 3 is 2.50 bits per heavy atom. The second-order valence-electron chi connectivity index (χ2n) is 6.48. The smallest absolute Gasteiger partial charge is 0.306 e. The standard InChI is InChI=1S/C17H20BrNO3/c18-14-4-1-3-13(10-14)17(7-2-8-17)19-15(20)11-5-6-12(9-11)16(21)22/h1,3-4,10-12H,2,5-9H2,(H,19,20)(H,21,22)/t11-,12+/m0/s1. The summed E-state index contributed by atoms with van der Waals surface area (Å²) in [6, 6.07) is 8.08. The number of hydrogen-bond acceptors (Lipinski definition) is 2. The van der Waals surface area contributed by atoms with E-state index in [0.717, 1.165) is 29.3 Å². The van der Waals surface area contributed by atoms with Crippen molar-refractivity contribution < 1.29 is 14.7 Å². The molecule has 22 heavy (non-hydrogen) atoms. The van der Waals surface area contributed by atoms with Crippen molar-refractivity contribution >= 4 is 27.8 Å². The molecular formula is C17H20BrNO3. The van der Waals surface area contributed by atoms with E-state index < -0.39 is 5.97 Å². The van der Waals surface area contributed by atoms with Crippen molar-refractivity contribution in [3.8, 4) is 0 Å². The van der Waals surface area contributed by atoms with Gasteiger partial charge in [-0.15, -0.1) is 0 Å². The number of carboxylic acids is 1. The van der Waals surface area contributed by atoms with Crippen molar-refractivity contribution in [1.29, 1.82) is 0 Å². The summed E-state index contributed by atoms with van der Waals surface area (Å²) in [5, 5.41) is 12.3. The van der Waals surface area contributed by atoms with Crippen LogP contribution >= 0.6 is 15.9 Å². The monoisotopic (exact) mass is 365 g/mol. The van der Waals surface area contributed by atoms with E-state index in [9.17, 15) is 9.59 Å². The van der Waals surface area contributed by atoms with Gasteiger partial charge in [-0.25, -0.2) is 0 Å². The first-order valence-electron chi connectivity index (χ1n) is 7.81. The Hall–Kier alpha value is -1.36. The molecule has 1 aromatic rings. The highest BCUT2D eigenvalue weighted by Gasteiger charge is 2.43. The Kier molecular flexibility index (Phi) is 4.26. The molecule has 5 heteroatoms. The summed E-state index contributed by atoms with van der Waals surface area (Å²) in [5.74, 6) is -1.28. The first kappa shape index (κ1) is 15.5. The van der Waals surface area contributed by atoms with Gasteiger partial charge in [-0.2, -0.15) is 0 Å². The number of carbonyl (C=O) groups is 2. The molecule has 2 fully saturated rings. The number of carboxylic acid groups (broad SMARTS) is 1. The molecule has 0 aliphatic heterocycles. The maximum Gasteiger partial charge on any atom is 0.306 e. The van der Waals surface area contributed by atoms with Crippen LogP contribution in [0.5, 0.6) is 0 Å². The minimum atomic E-state index is -0.777. The zero-order valence-corrected chi connectivity index (χ0v) is 13.9. The minimum absolute atomic E-state index is 0.0171. The third-order valence-corrected chi connectivity index (χ3v) is 5.59. The molecule has 3 rings (SSSR count). The van der Waals surface area contributed by atoms with Crippen molar-refractivity contribution in [1.82, 2.24) is 5.32 Å².